The van der Waals surface area contributed by atoms with Crippen molar-refractivity contribution in [1.29, 1.82) is 0 Å². The van der Waals surface area contributed by atoms with Gasteiger partial charge in [-0.3, -0.25) is 28.8 Å². The van der Waals surface area contributed by atoms with E-state index < -0.39 is 66.2 Å². The minimum absolute atomic E-state index is 0.316. The van der Waals surface area contributed by atoms with Crippen LogP contribution in [0.5, 0.6) is 0 Å². The zero-order valence-electron chi connectivity index (χ0n) is 19.4. The number of thioether (sulfide) groups is 1. The fraction of sp³-hybridized carbons (Fsp3) is 0.700. The Morgan fingerprint density at radius 3 is 1.73 bits per heavy atom. The molecule has 1 fully saturated rings. The first-order chi connectivity index (χ1) is 15.3. The predicted molar refractivity (Wildman–Crippen MR) is 112 cm³/mol. The summed E-state index contributed by atoms with van der Waals surface area (Å²) in [6, 6.07) is 0. The summed E-state index contributed by atoms with van der Waals surface area (Å²) in [6.45, 7) is 6.62. The zero-order chi connectivity index (χ0) is 25.3. The summed E-state index contributed by atoms with van der Waals surface area (Å²) in [4.78, 5) is 72.5. The number of rotatable bonds is 10. The van der Waals surface area contributed by atoms with Crippen molar-refractivity contribution in [2.75, 3.05) is 18.9 Å². The SMILES string of the molecule is CC(=O)OC[C@@H](OC(C)=O)[C@H](OC(C)=O)[C@H](OC(C)=O)[C@H](OC(C)=O)C1SCCN1C(C)=O. The van der Waals surface area contributed by atoms with E-state index in [-0.39, 0.29) is 5.91 Å². The molecular weight excluding hydrogens is 462 g/mol. The second-order valence-electron chi connectivity index (χ2n) is 7.15. The van der Waals surface area contributed by atoms with Crippen LogP contribution in [0.25, 0.3) is 0 Å². The van der Waals surface area contributed by atoms with Crippen LogP contribution in [0.2, 0.25) is 0 Å². The summed E-state index contributed by atoms with van der Waals surface area (Å²) < 4.78 is 26.3. The molecule has 186 valence electrons. The molecule has 1 aliphatic rings. The van der Waals surface area contributed by atoms with E-state index in [2.05, 4.69) is 0 Å². The van der Waals surface area contributed by atoms with E-state index in [1.807, 2.05) is 0 Å². The first-order valence-electron chi connectivity index (χ1n) is 10.0. The molecule has 1 amide bonds. The molecule has 1 saturated heterocycles. The molecule has 0 saturated carbocycles. The van der Waals surface area contributed by atoms with Crippen molar-refractivity contribution < 1.29 is 52.5 Å². The summed E-state index contributed by atoms with van der Waals surface area (Å²) in [6.07, 6.45) is -5.75. The van der Waals surface area contributed by atoms with Crippen LogP contribution in [0.1, 0.15) is 41.5 Å². The third kappa shape index (κ3) is 9.28. The lowest BCUT2D eigenvalue weighted by Crippen LogP contribution is -2.58. The number of esters is 5. The van der Waals surface area contributed by atoms with E-state index in [1.165, 1.54) is 23.6 Å². The standard InChI is InChI=1S/C20H29NO11S/c1-10(22)21-7-8-33-20(21)19(32-15(6)27)18(31-14(5)26)17(30-13(4)25)16(29-12(3)24)9-28-11(2)23/h16-20H,7-9H2,1-6H3/t16-,17+,18+,19+,20?/m1/s1. The van der Waals surface area contributed by atoms with Crippen LogP contribution in [-0.2, 0) is 52.5 Å². The zero-order valence-corrected chi connectivity index (χ0v) is 20.2. The highest BCUT2D eigenvalue weighted by Crippen LogP contribution is 2.33. The topological polar surface area (TPSA) is 152 Å². The van der Waals surface area contributed by atoms with Crippen molar-refractivity contribution in [3.63, 3.8) is 0 Å². The largest absolute Gasteiger partial charge is 0.462 e. The maximum atomic E-state index is 12.1. The molecule has 1 aliphatic heterocycles. The van der Waals surface area contributed by atoms with E-state index in [9.17, 15) is 28.8 Å². The summed E-state index contributed by atoms with van der Waals surface area (Å²) in [5.74, 6) is -3.71. The maximum Gasteiger partial charge on any atom is 0.303 e. The van der Waals surface area contributed by atoms with Gasteiger partial charge >= 0.3 is 29.8 Å². The molecule has 1 heterocycles. The Labute approximate surface area is 195 Å². The first-order valence-corrected chi connectivity index (χ1v) is 11.1. The molecular formula is C20H29NO11S. The quantitative estimate of drug-likeness (QED) is 0.303. The van der Waals surface area contributed by atoms with E-state index in [4.69, 9.17) is 23.7 Å². The van der Waals surface area contributed by atoms with Gasteiger partial charge in [-0.05, 0) is 0 Å². The van der Waals surface area contributed by atoms with Crippen molar-refractivity contribution in [1.82, 2.24) is 4.90 Å². The van der Waals surface area contributed by atoms with Crippen LogP contribution < -0.4 is 0 Å². The van der Waals surface area contributed by atoms with Crippen molar-refractivity contribution in [2.24, 2.45) is 0 Å². The van der Waals surface area contributed by atoms with Crippen molar-refractivity contribution in [3.05, 3.63) is 0 Å². The molecule has 1 unspecified atom stereocenters. The molecule has 0 N–H and O–H groups in total. The smallest absolute Gasteiger partial charge is 0.303 e. The highest BCUT2D eigenvalue weighted by Gasteiger charge is 2.49. The maximum absolute atomic E-state index is 12.1. The van der Waals surface area contributed by atoms with E-state index >= 15 is 0 Å². The molecule has 0 aromatic carbocycles. The van der Waals surface area contributed by atoms with Crippen LogP contribution >= 0.6 is 11.8 Å². The average molecular weight is 492 g/mol. The second-order valence-corrected chi connectivity index (χ2v) is 8.37. The second kappa shape index (κ2) is 13.0. The Hall–Kier alpha value is -2.83. The summed E-state index contributed by atoms with van der Waals surface area (Å²) in [5, 5.41) is -0.791. The third-order valence-electron chi connectivity index (χ3n) is 4.30. The first kappa shape index (κ1) is 28.2. The summed E-state index contributed by atoms with van der Waals surface area (Å²) in [5.41, 5.74) is 0. The molecule has 12 nitrogen and oxygen atoms in total. The lowest BCUT2D eigenvalue weighted by Gasteiger charge is -2.39. The number of amides is 1. The fourth-order valence-electron chi connectivity index (χ4n) is 3.24. The van der Waals surface area contributed by atoms with Crippen LogP contribution in [0.3, 0.4) is 0 Å². The predicted octanol–water partition coefficient (Wildman–Crippen LogP) is 0.198. The van der Waals surface area contributed by atoms with Gasteiger partial charge < -0.3 is 28.6 Å². The number of ether oxygens (including phenoxy) is 5. The highest BCUT2D eigenvalue weighted by molar-refractivity contribution is 8.00. The monoisotopic (exact) mass is 491 g/mol. The van der Waals surface area contributed by atoms with E-state index in [0.717, 1.165) is 34.6 Å². The Morgan fingerprint density at radius 2 is 1.27 bits per heavy atom. The van der Waals surface area contributed by atoms with Gasteiger partial charge in [0.1, 0.15) is 12.0 Å². The van der Waals surface area contributed by atoms with Gasteiger partial charge in [0.2, 0.25) is 5.91 Å². The van der Waals surface area contributed by atoms with Crippen molar-refractivity contribution >= 4 is 47.5 Å². The van der Waals surface area contributed by atoms with Crippen molar-refractivity contribution in [3.8, 4) is 0 Å². The highest BCUT2D eigenvalue weighted by atomic mass is 32.2. The number of carbonyl (C=O) groups excluding carboxylic acids is 6. The lowest BCUT2D eigenvalue weighted by atomic mass is 10.0. The Balaban J connectivity index is 3.55. The molecule has 0 aromatic rings. The molecule has 13 heteroatoms. The number of nitrogens with zero attached hydrogens (tertiary/aromatic N) is 1. The van der Waals surface area contributed by atoms with Gasteiger partial charge in [-0.25, -0.2) is 0 Å². The van der Waals surface area contributed by atoms with Gasteiger partial charge in [0.25, 0.3) is 0 Å². The normalized spacial score (nSPS) is 18.8. The number of hydrogen-bond donors (Lipinski definition) is 0. The van der Waals surface area contributed by atoms with Gasteiger partial charge in [0, 0.05) is 53.8 Å². The molecule has 0 radical (unpaired) electrons. The van der Waals surface area contributed by atoms with E-state index in [1.54, 1.807) is 0 Å². The molecule has 0 spiro atoms. The lowest BCUT2D eigenvalue weighted by molar-refractivity contribution is -0.204. The average Bonchev–Trinajstić information content (AvgIpc) is 3.15. The number of hydrogen-bond acceptors (Lipinski definition) is 12. The third-order valence-corrected chi connectivity index (χ3v) is 5.58. The Morgan fingerprint density at radius 1 is 0.758 bits per heavy atom. The van der Waals surface area contributed by atoms with Gasteiger partial charge in [0.05, 0.1) is 0 Å². The Bertz CT molecular complexity index is 771. The van der Waals surface area contributed by atoms with Crippen molar-refractivity contribution in [2.45, 2.75) is 71.3 Å². The van der Waals surface area contributed by atoms with Gasteiger partial charge in [-0.2, -0.15) is 0 Å². The van der Waals surface area contributed by atoms with Gasteiger partial charge in [-0.15, -0.1) is 11.8 Å². The van der Waals surface area contributed by atoms with Gasteiger partial charge in [0.15, 0.2) is 24.4 Å². The summed E-state index contributed by atoms with van der Waals surface area (Å²) in [7, 11) is 0. The molecule has 5 atom stereocenters. The summed E-state index contributed by atoms with van der Waals surface area (Å²) >= 11 is 1.27. The fourth-order valence-corrected chi connectivity index (χ4v) is 4.62. The van der Waals surface area contributed by atoms with Crippen LogP contribution in [0.15, 0.2) is 0 Å². The molecule has 0 aliphatic carbocycles. The van der Waals surface area contributed by atoms with Crippen LogP contribution in [0.4, 0.5) is 0 Å². The minimum Gasteiger partial charge on any atom is -0.462 e. The molecule has 0 bridgehead atoms. The molecule has 1 rings (SSSR count). The Kier molecular flexibility index (Phi) is 11.1. The van der Waals surface area contributed by atoms with E-state index in [0.29, 0.717) is 12.3 Å². The van der Waals surface area contributed by atoms with Crippen LogP contribution in [-0.4, -0.2) is 89.3 Å². The van der Waals surface area contributed by atoms with Gasteiger partial charge in [-0.1, -0.05) is 0 Å². The minimum atomic E-state index is -1.53. The molecule has 0 aromatic heterocycles. The number of carbonyl (C=O) groups is 6. The molecule has 33 heavy (non-hydrogen) atoms. The van der Waals surface area contributed by atoms with Crippen LogP contribution in [0, 0.1) is 0 Å².